The number of rotatable bonds is 12. The second kappa shape index (κ2) is 14.7. The second-order valence-electron chi connectivity index (χ2n) is 12.7. The molecule has 2 fully saturated rings. The van der Waals surface area contributed by atoms with Gasteiger partial charge in [0.1, 0.15) is 11.3 Å². The zero-order chi connectivity index (χ0) is 34.8. The first kappa shape index (κ1) is 33.9. The Labute approximate surface area is 300 Å². The zero-order valence-corrected chi connectivity index (χ0v) is 29.4. The van der Waals surface area contributed by atoms with Crippen LogP contribution in [0, 0.1) is 0 Å². The Hall–Kier alpha value is -4.55. The molecule has 258 valence electrons. The minimum atomic E-state index is 0.0996. The number of fused-ring (bicyclic) bond motifs is 1. The molecule has 5 aromatic rings. The summed E-state index contributed by atoms with van der Waals surface area (Å²) < 4.78 is 7.64. The van der Waals surface area contributed by atoms with E-state index in [4.69, 9.17) is 42.9 Å². The minimum absolute atomic E-state index is 0.0996. The van der Waals surface area contributed by atoms with E-state index in [0.717, 1.165) is 63.3 Å². The van der Waals surface area contributed by atoms with Gasteiger partial charge < -0.3 is 30.6 Å². The monoisotopic (exact) mass is 712 g/mol. The molecular formula is C37H38Cl2N8O3. The molecule has 0 spiro atoms. The Morgan fingerprint density at radius 3 is 1.90 bits per heavy atom. The van der Waals surface area contributed by atoms with Gasteiger partial charge in [-0.3, -0.25) is 9.59 Å². The molecule has 2 saturated heterocycles. The molecule has 0 aliphatic carbocycles. The maximum absolute atomic E-state index is 11.5. The van der Waals surface area contributed by atoms with Crippen LogP contribution in [0.15, 0.2) is 60.7 Å². The van der Waals surface area contributed by atoms with Crippen molar-refractivity contribution in [2.24, 2.45) is 7.05 Å². The number of ether oxygens (including phenoxy) is 1. The van der Waals surface area contributed by atoms with E-state index in [1.807, 2.05) is 72.3 Å². The number of carbonyl (C=O) groups excluding carboxylic acids is 2. The first-order valence-electron chi connectivity index (χ1n) is 16.7. The Morgan fingerprint density at radius 1 is 0.760 bits per heavy atom. The molecule has 50 heavy (non-hydrogen) atoms. The number of nitrogens with one attached hydrogen (secondary N) is 4. The molecule has 5 heterocycles. The maximum Gasteiger partial charge on any atom is 0.220 e. The summed E-state index contributed by atoms with van der Waals surface area (Å²) in [6.07, 6.45) is 2.83. The van der Waals surface area contributed by atoms with Crippen molar-refractivity contribution in [3.8, 4) is 39.5 Å². The third-order valence-electron chi connectivity index (χ3n) is 9.33. The summed E-state index contributed by atoms with van der Waals surface area (Å²) in [4.78, 5) is 37.6. The summed E-state index contributed by atoms with van der Waals surface area (Å²) in [6, 6.07) is 19.8. The number of hydrogen-bond acceptors (Lipinski definition) is 8. The van der Waals surface area contributed by atoms with Crippen molar-refractivity contribution in [3.63, 3.8) is 0 Å². The van der Waals surface area contributed by atoms with Crippen LogP contribution in [0.3, 0.4) is 0 Å². The summed E-state index contributed by atoms with van der Waals surface area (Å²) in [6.45, 7) is 2.48. The van der Waals surface area contributed by atoms with Gasteiger partial charge in [-0.25, -0.2) is 15.0 Å². The summed E-state index contributed by atoms with van der Waals surface area (Å²) >= 11 is 14.2. The van der Waals surface area contributed by atoms with Crippen molar-refractivity contribution >= 4 is 46.2 Å². The highest BCUT2D eigenvalue weighted by Crippen LogP contribution is 2.42. The van der Waals surface area contributed by atoms with Crippen LogP contribution in [0.2, 0.25) is 10.0 Å². The Kier molecular flexibility index (Phi) is 10.0. The van der Waals surface area contributed by atoms with Crippen molar-refractivity contribution in [2.75, 3.05) is 20.2 Å². The molecule has 7 rings (SSSR count). The SMILES string of the molecule is COc1nc(-c2cccc(-c3cccc(-c4ccc5nc(CNC[C@@H]6CCC(=O)N6)n(C)c5n4)c3Cl)c2Cl)ccc1CNC[C@@H]1CCC(=O)N1. The highest BCUT2D eigenvalue weighted by atomic mass is 35.5. The van der Waals surface area contributed by atoms with E-state index in [0.29, 0.717) is 60.6 Å². The maximum atomic E-state index is 11.5. The fraction of sp³-hybridized carbons (Fsp3) is 0.324. The van der Waals surface area contributed by atoms with Gasteiger partial charge in [-0.1, -0.05) is 65.7 Å². The first-order chi connectivity index (χ1) is 24.3. The van der Waals surface area contributed by atoms with E-state index in [2.05, 4.69) is 21.3 Å². The molecule has 0 unspecified atom stereocenters. The number of hydrogen-bond donors (Lipinski definition) is 4. The van der Waals surface area contributed by atoms with Crippen molar-refractivity contribution in [3.05, 3.63) is 82.1 Å². The quantitative estimate of drug-likeness (QED) is 0.135. The van der Waals surface area contributed by atoms with Crippen LogP contribution in [0.1, 0.15) is 37.1 Å². The number of carbonyl (C=O) groups is 2. The molecule has 4 N–H and O–H groups in total. The standard InChI is InChI=1S/C37H38Cl2N8O3/c1-47-31(20-41-19-23-11-16-33(49)43-23)44-30-14-13-28(45-36(30)47)26-7-3-5-24(34(26)38)25-6-4-8-27(35(25)39)29-12-9-21(37(46-29)50-2)17-40-18-22-10-15-32(48)42-22/h3-9,12-14,22-23,40-41H,10-11,15-20H2,1-2H3,(H,42,48)(H,43,49)/t22-,23-/m0/s1. The molecule has 2 aromatic carbocycles. The van der Waals surface area contributed by atoms with Crippen molar-refractivity contribution in [1.29, 1.82) is 0 Å². The molecule has 13 heteroatoms. The van der Waals surface area contributed by atoms with E-state index < -0.39 is 0 Å². The lowest BCUT2D eigenvalue weighted by atomic mass is 9.98. The van der Waals surface area contributed by atoms with E-state index in [-0.39, 0.29) is 23.9 Å². The smallest absolute Gasteiger partial charge is 0.220 e. The van der Waals surface area contributed by atoms with Crippen LogP contribution >= 0.6 is 23.2 Å². The lowest BCUT2D eigenvalue weighted by Gasteiger charge is -2.15. The Morgan fingerprint density at radius 2 is 1.32 bits per heavy atom. The van der Waals surface area contributed by atoms with Crippen LogP contribution < -0.4 is 26.0 Å². The van der Waals surface area contributed by atoms with Gasteiger partial charge in [0.25, 0.3) is 0 Å². The largest absolute Gasteiger partial charge is 0.481 e. The van der Waals surface area contributed by atoms with E-state index in [1.165, 1.54) is 0 Å². The summed E-state index contributed by atoms with van der Waals surface area (Å²) in [5.41, 5.74) is 6.92. The number of halogens is 2. The predicted octanol–water partition coefficient (Wildman–Crippen LogP) is 5.42. The number of aryl methyl sites for hydroxylation is 1. The highest BCUT2D eigenvalue weighted by Gasteiger charge is 2.22. The molecular weight excluding hydrogens is 675 g/mol. The molecule has 0 saturated carbocycles. The van der Waals surface area contributed by atoms with E-state index >= 15 is 0 Å². The molecule has 0 bridgehead atoms. The lowest BCUT2D eigenvalue weighted by Crippen LogP contribution is -2.35. The normalized spacial score (nSPS) is 17.4. The molecule has 2 amide bonds. The van der Waals surface area contributed by atoms with Crippen LogP contribution in [0.4, 0.5) is 0 Å². The number of pyridine rings is 2. The minimum Gasteiger partial charge on any atom is -0.481 e. The van der Waals surface area contributed by atoms with Gasteiger partial charge in [0.15, 0.2) is 5.65 Å². The van der Waals surface area contributed by atoms with Gasteiger partial charge in [-0.05, 0) is 31.0 Å². The third kappa shape index (κ3) is 7.04. The average Bonchev–Trinajstić information content (AvgIpc) is 3.83. The van der Waals surface area contributed by atoms with Gasteiger partial charge in [0.05, 0.1) is 35.1 Å². The van der Waals surface area contributed by atoms with Gasteiger partial charge in [-0.15, -0.1) is 0 Å². The first-order valence-corrected chi connectivity index (χ1v) is 17.5. The Balaban J connectivity index is 1.11. The molecule has 2 aliphatic rings. The molecule has 3 aromatic heterocycles. The van der Waals surface area contributed by atoms with E-state index in [1.54, 1.807) is 7.11 Å². The molecule has 11 nitrogen and oxygen atoms in total. The van der Waals surface area contributed by atoms with Crippen LogP contribution in [0.25, 0.3) is 44.8 Å². The van der Waals surface area contributed by atoms with Crippen LogP contribution in [-0.2, 0) is 29.7 Å². The molecule has 0 radical (unpaired) electrons. The second-order valence-corrected chi connectivity index (χ2v) is 13.4. The van der Waals surface area contributed by atoms with Gasteiger partial charge in [-0.2, -0.15) is 0 Å². The summed E-state index contributed by atoms with van der Waals surface area (Å²) in [5.74, 6) is 1.56. The van der Waals surface area contributed by atoms with Crippen molar-refractivity contribution in [1.82, 2.24) is 40.8 Å². The van der Waals surface area contributed by atoms with Gasteiger partial charge in [0, 0.05) is 79.4 Å². The van der Waals surface area contributed by atoms with Gasteiger partial charge in [0.2, 0.25) is 17.7 Å². The summed E-state index contributed by atoms with van der Waals surface area (Å²) in [7, 11) is 3.55. The van der Waals surface area contributed by atoms with Crippen molar-refractivity contribution in [2.45, 2.75) is 50.9 Å². The number of aromatic nitrogens is 4. The highest BCUT2D eigenvalue weighted by molar-refractivity contribution is 6.39. The number of amides is 2. The lowest BCUT2D eigenvalue weighted by molar-refractivity contribution is -0.120. The fourth-order valence-electron chi connectivity index (χ4n) is 6.63. The number of methoxy groups -OCH3 is 1. The third-order valence-corrected chi connectivity index (χ3v) is 10.1. The number of imidazole rings is 1. The summed E-state index contributed by atoms with van der Waals surface area (Å²) in [5, 5.41) is 13.8. The van der Waals surface area contributed by atoms with Crippen LogP contribution in [-0.4, -0.2) is 63.6 Å². The average molecular weight is 714 g/mol. The predicted molar refractivity (Wildman–Crippen MR) is 195 cm³/mol. The molecule has 2 aliphatic heterocycles. The zero-order valence-electron chi connectivity index (χ0n) is 27.9. The van der Waals surface area contributed by atoms with Crippen molar-refractivity contribution < 1.29 is 14.3 Å². The van der Waals surface area contributed by atoms with E-state index in [9.17, 15) is 9.59 Å². The Bertz CT molecular complexity index is 2080. The van der Waals surface area contributed by atoms with Gasteiger partial charge >= 0.3 is 0 Å². The van der Waals surface area contributed by atoms with Crippen LogP contribution in [0.5, 0.6) is 5.88 Å². The topological polar surface area (TPSA) is 135 Å². The number of nitrogens with zero attached hydrogens (tertiary/aromatic N) is 4. The fourth-order valence-corrected chi connectivity index (χ4v) is 7.28. The number of benzene rings is 2. The molecule has 2 atom stereocenters.